The summed E-state index contributed by atoms with van der Waals surface area (Å²) in [6, 6.07) is 64.4. The van der Waals surface area contributed by atoms with Crippen LogP contribution < -0.4 is 9.80 Å². The first-order chi connectivity index (χ1) is 27.2. The Labute approximate surface area is 315 Å². The Morgan fingerprint density at radius 2 is 0.745 bits per heavy atom. The van der Waals surface area contributed by atoms with Crippen LogP contribution in [0.25, 0.3) is 60.6 Å². The molecule has 7 nitrogen and oxygen atoms in total. The fraction of sp³-hybridized carbons (Fsp3) is 0. The third-order valence-corrected chi connectivity index (χ3v) is 10.2. The second-order valence-electron chi connectivity index (χ2n) is 13.6. The van der Waals surface area contributed by atoms with Crippen molar-refractivity contribution in [3.05, 3.63) is 188 Å². The zero-order valence-electron chi connectivity index (χ0n) is 29.5. The Kier molecular flexibility index (Phi) is 7.03. The number of furan rings is 2. The SMILES string of the molecule is c1ccc(N(c2ccc(-n3nc4ccc(N(c5ccccc5)c5ccc6c(c5)oc5ccccc56)cc4n3)cc2)c2ccc3c(c2)oc2ccccc23)cc1. The van der Waals surface area contributed by atoms with Crippen LogP contribution in [0.3, 0.4) is 0 Å². The highest BCUT2D eigenvalue weighted by Crippen LogP contribution is 2.40. The lowest BCUT2D eigenvalue weighted by atomic mass is 10.1. The fourth-order valence-corrected chi connectivity index (χ4v) is 7.65. The van der Waals surface area contributed by atoms with E-state index in [-0.39, 0.29) is 0 Å². The number of aromatic nitrogens is 3. The monoisotopic (exact) mass is 709 g/mol. The first kappa shape index (κ1) is 30.9. The lowest BCUT2D eigenvalue weighted by molar-refractivity contribution is 0.668. The minimum atomic E-state index is 0.789. The van der Waals surface area contributed by atoms with Gasteiger partial charge in [0.15, 0.2) is 0 Å². The lowest BCUT2D eigenvalue weighted by Gasteiger charge is -2.25. The topological polar surface area (TPSA) is 63.5 Å². The number of fused-ring (bicyclic) bond motifs is 7. The largest absolute Gasteiger partial charge is 0.456 e. The number of nitrogens with zero attached hydrogens (tertiary/aromatic N) is 5. The summed E-state index contributed by atoms with van der Waals surface area (Å²) in [5.74, 6) is 0. The van der Waals surface area contributed by atoms with Gasteiger partial charge in [0.05, 0.1) is 5.69 Å². The molecule has 0 fully saturated rings. The van der Waals surface area contributed by atoms with E-state index in [1.807, 2.05) is 54.6 Å². The van der Waals surface area contributed by atoms with Crippen LogP contribution >= 0.6 is 0 Å². The quantitative estimate of drug-likeness (QED) is 0.164. The molecule has 8 aromatic carbocycles. The van der Waals surface area contributed by atoms with E-state index in [9.17, 15) is 0 Å². The lowest BCUT2D eigenvalue weighted by Crippen LogP contribution is -2.10. The number of hydrogen-bond acceptors (Lipinski definition) is 6. The molecule has 0 N–H and O–H groups in total. The minimum absolute atomic E-state index is 0.789. The fourth-order valence-electron chi connectivity index (χ4n) is 7.65. The van der Waals surface area contributed by atoms with Gasteiger partial charge in [0, 0.05) is 67.8 Å². The molecule has 0 bridgehead atoms. The van der Waals surface area contributed by atoms with Gasteiger partial charge >= 0.3 is 0 Å². The van der Waals surface area contributed by atoms with Crippen molar-refractivity contribution in [3.8, 4) is 5.69 Å². The second kappa shape index (κ2) is 12.5. The minimum Gasteiger partial charge on any atom is -0.456 e. The van der Waals surface area contributed by atoms with Crippen molar-refractivity contribution in [2.24, 2.45) is 0 Å². The van der Waals surface area contributed by atoms with Crippen LogP contribution in [0, 0.1) is 0 Å². The Bertz CT molecular complexity index is 3170. The molecule has 55 heavy (non-hydrogen) atoms. The van der Waals surface area contributed by atoms with Crippen molar-refractivity contribution >= 4 is 89.0 Å². The van der Waals surface area contributed by atoms with Gasteiger partial charge in [-0.1, -0.05) is 72.8 Å². The van der Waals surface area contributed by atoms with Gasteiger partial charge in [-0.15, -0.1) is 10.2 Å². The van der Waals surface area contributed by atoms with Gasteiger partial charge in [-0.05, 0) is 103 Å². The van der Waals surface area contributed by atoms with Crippen molar-refractivity contribution in [2.45, 2.75) is 0 Å². The maximum absolute atomic E-state index is 6.28. The number of rotatable bonds is 7. The van der Waals surface area contributed by atoms with Gasteiger partial charge in [-0.25, -0.2) is 0 Å². The van der Waals surface area contributed by atoms with Gasteiger partial charge in [0.2, 0.25) is 0 Å². The van der Waals surface area contributed by atoms with Crippen LogP contribution in [0.5, 0.6) is 0 Å². The molecule has 0 aliphatic carbocycles. The number of para-hydroxylation sites is 4. The average Bonchev–Trinajstić information content (AvgIpc) is 3.95. The Balaban J connectivity index is 0.951. The van der Waals surface area contributed by atoms with Gasteiger partial charge in [0.25, 0.3) is 0 Å². The maximum atomic E-state index is 6.28. The molecule has 260 valence electrons. The highest BCUT2D eigenvalue weighted by molar-refractivity contribution is 6.07. The first-order valence-corrected chi connectivity index (χ1v) is 18.2. The van der Waals surface area contributed by atoms with Gasteiger partial charge < -0.3 is 18.6 Å². The molecule has 0 spiro atoms. The summed E-state index contributed by atoms with van der Waals surface area (Å²) >= 11 is 0. The van der Waals surface area contributed by atoms with E-state index in [0.29, 0.717) is 0 Å². The van der Waals surface area contributed by atoms with Crippen LogP contribution in [-0.4, -0.2) is 15.0 Å². The molecule has 0 aliphatic rings. The van der Waals surface area contributed by atoms with E-state index in [0.717, 1.165) is 94.7 Å². The van der Waals surface area contributed by atoms with E-state index in [4.69, 9.17) is 19.0 Å². The molecule has 11 rings (SSSR count). The Morgan fingerprint density at radius 3 is 1.33 bits per heavy atom. The smallest absolute Gasteiger partial charge is 0.137 e. The van der Waals surface area contributed by atoms with Gasteiger partial charge in [-0.3, -0.25) is 0 Å². The molecule has 7 heteroatoms. The molecular weight excluding hydrogens is 679 g/mol. The highest BCUT2D eigenvalue weighted by atomic mass is 16.3. The van der Waals surface area contributed by atoms with Crippen molar-refractivity contribution in [3.63, 3.8) is 0 Å². The van der Waals surface area contributed by atoms with Crippen LogP contribution in [0.15, 0.2) is 197 Å². The summed E-state index contributed by atoms with van der Waals surface area (Å²) in [5, 5.41) is 14.3. The first-order valence-electron chi connectivity index (χ1n) is 18.2. The molecule has 0 saturated carbocycles. The van der Waals surface area contributed by atoms with E-state index in [2.05, 4.69) is 143 Å². The summed E-state index contributed by atoms with van der Waals surface area (Å²) in [6.45, 7) is 0. The maximum Gasteiger partial charge on any atom is 0.137 e. The molecule has 0 aliphatic heterocycles. The number of hydrogen-bond donors (Lipinski definition) is 0. The zero-order chi connectivity index (χ0) is 36.3. The summed E-state index contributed by atoms with van der Waals surface area (Å²) in [7, 11) is 0. The molecule has 11 aromatic rings. The van der Waals surface area contributed by atoms with Gasteiger partial charge in [0.1, 0.15) is 33.4 Å². The summed E-state index contributed by atoms with van der Waals surface area (Å²) in [5.41, 5.74) is 11.9. The normalized spacial score (nSPS) is 11.6. The van der Waals surface area contributed by atoms with Gasteiger partial charge in [-0.2, -0.15) is 4.80 Å². The molecular formula is C48H31N5O2. The van der Waals surface area contributed by atoms with Crippen molar-refractivity contribution in [2.75, 3.05) is 9.80 Å². The van der Waals surface area contributed by atoms with E-state index < -0.39 is 0 Å². The zero-order valence-corrected chi connectivity index (χ0v) is 29.5. The molecule has 3 heterocycles. The third-order valence-electron chi connectivity index (χ3n) is 10.2. The predicted molar refractivity (Wildman–Crippen MR) is 223 cm³/mol. The average molecular weight is 710 g/mol. The molecule has 0 atom stereocenters. The number of benzene rings is 8. The third kappa shape index (κ3) is 5.29. The molecule has 0 unspecified atom stereocenters. The van der Waals surface area contributed by atoms with Crippen molar-refractivity contribution in [1.82, 2.24) is 15.0 Å². The highest BCUT2D eigenvalue weighted by Gasteiger charge is 2.18. The summed E-state index contributed by atoms with van der Waals surface area (Å²) < 4.78 is 12.5. The Hall–Kier alpha value is -7.64. The molecule has 0 saturated heterocycles. The van der Waals surface area contributed by atoms with Crippen molar-refractivity contribution < 1.29 is 8.83 Å². The standard InChI is InChI=1S/C48H31N5O2/c1-3-11-32(12-4-1)51(37-23-26-41-39-15-7-9-17-45(39)54-47(41)30-37)34-19-21-35(22-20-34)53-49-43-28-25-36(29-44(43)50-53)52(33-13-5-2-6-14-33)38-24-27-42-40-16-8-10-18-46(40)55-48(42)31-38/h1-31H. The summed E-state index contributed by atoms with van der Waals surface area (Å²) in [6.07, 6.45) is 0. The van der Waals surface area contributed by atoms with Crippen LogP contribution in [0.2, 0.25) is 0 Å². The van der Waals surface area contributed by atoms with Crippen LogP contribution in [0.4, 0.5) is 34.1 Å². The van der Waals surface area contributed by atoms with Crippen molar-refractivity contribution in [1.29, 1.82) is 0 Å². The van der Waals surface area contributed by atoms with Crippen LogP contribution in [0.1, 0.15) is 0 Å². The number of anilines is 6. The predicted octanol–water partition coefficient (Wildman–Crippen LogP) is 13.2. The van der Waals surface area contributed by atoms with Crippen LogP contribution in [-0.2, 0) is 0 Å². The molecule has 0 radical (unpaired) electrons. The Morgan fingerprint density at radius 1 is 0.327 bits per heavy atom. The van der Waals surface area contributed by atoms with E-state index >= 15 is 0 Å². The second-order valence-corrected chi connectivity index (χ2v) is 13.6. The molecule has 0 amide bonds. The van der Waals surface area contributed by atoms with E-state index in [1.54, 1.807) is 4.80 Å². The van der Waals surface area contributed by atoms with E-state index in [1.165, 1.54) is 0 Å². The summed E-state index contributed by atoms with van der Waals surface area (Å²) in [4.78, 5) is 6.16. The molecule has 3 aromatic heterocycles.